The Hall–Kier alpha value is -1.40. The maximum absolute atomic E-state index is 12.3. The molecule has 5 nitrogen and oxygen atoms in total. The van der Waals surface area contributed by atoms with Gasteiger partial charge >= 0.3 is 0 Å². The monoisotopic (exact) mass is 368 g/mol. The molecule has 1 saturated heterocycles. The van der Waals surface area contributed by atoms with Crippen LogP contribution in [0.3, 0.4) is 0 Å². The second kappa shape index (κ2) is 8.62. The third-order valence-electron chi connectivity index (χ3n) is 4.12. The number of hydrogen-bond acceptors (Lipinski definition) is 4. The molecule has 0 radical (unpaired) electrons. The Morgan fingerprint density at radius 1 is 1.33 bits per heavy atom. The molecule has 2 aromatic rings. The molecule has 0 aliphatic carbocycles. The Labute approximate surface area is 153 Å². The van der Waals surface area contributed by atoms with E-state index in [1.807, 2.05) is 41.1 Å². The first kappa shape index (κ1) is 18.9. The highest BCUT2D eigenvalue weighted by Crippen LogP contribution is 2.25. The molecule has 1 fully saturated rings. The Kier molecular flexibility index (Phi) is 6.80. The van der Waals surface area contributed by atoms with Gasteiger partial charge in [0.05, 0.1) is 12.1 Å². The molecule has 0 saturated carbocycles. The summed E-state index contributed by atoms with van der Waals surface area (Å²) in [5.74, 6) is 0.181. The van der Waals surface area contributed by atoms with Gasteiger partial charge in [0, 0.05) is 49.3 Å². The minimum Gasteiger partial charge on any atom is -0.339 e. The number of nitrogens with one attached hydrogen (secondary N) is 1. The van der Waals surface area contributed by atoms with Crippen LogP contribution in [-0.4, -0.2) is 60.5 Å². The molecule has 1 aromatic heterocycles. The number of halogens is 2. The van der Waals surface area contributed by atoms with Gasteiger partial charge in [-0.05, 0) is 30.8 Å². The van der Waals surface area contributed by atoms with Gasteiger partial charge in [0.25, 0.3) is 0 Å². The fourth-order valence-corrected chi connectivity index (χ4v) is 3.13. The van der Waals surface area contributed by atoms with Crippen LogP contribution in [0.1, 0.15) is 5.56 Å². The van der Waals surface area contributed by atoms with Crippen LogP contribution >= 0.6 is 24.0 Å². The predicted octanol–water partition coefficient (Wildman–Crippen LogP) is 2.17. The van der Waals surface area contributed by atoms with E-state index in [0.717, 1.165) is 42.6 Å². The van der Waals surface area contributed by atoms with Gasteiger partial charge in [0.15, 0.2) is 0 Å². The highest BCUT2D eigenvalue weighted by molar-refractivity contribution is 6.35. The van der Waals surface area contributed by atoms with Crippen molar-refractivity contribution in [2.24, 2.45) is 0 Å². The van der Waals surface area contributed by atoms with E-state index in [4.69, 9.17) is 11.6 Å². The number of pyridine rings is 1. The van der Waals surface area contributed by atoms with Crippen LogP contribution in [0.2, 0.25) is 5.02 Å². The summed E-state index contributed by atoms with van der Waals surface area (Å²) >= 11 is 6.23. The van der Waals surface area contributed by atoms with E-state index in [1.165, 1.54) is 0 Å². The minimum absolute atomic E-state index is 0. The van der Waals surface area contributed by atoms with Crippen molar-refractivity contribution >= 4 is 40.8 Å². The second-order valence-electron chi connectivity index (χ2n) is 5.91. The number of nitrogens with zero attached hydrogens (tertiary/aromatic N) is 3. The molecule has 0 atom stereocenters. The van der Waals surface area contributed by atoms with Crippen molar-refractivity contribution in [1.29, 1.82) is 0 Å². The van der Waals surface area contributed by atoms with Crippen LogP contribution in [0.25, 0.3) is 10.9 Å². The zero-order valence-corrected chi connectivity index (χ0v) is 15.2. The van der Waals surface area contributed by atoms with E-state index in [0.29, 0.717) is 18.1 Å². The van der Waals surface area contributed by atoms with Gasteiger partial charge < -0.3 is 10.2 Å². The average molecular weight is 369 g/mol. The number of likely N-dealkylation sites (N-methyl/N-ethyl adjacent to an activating group) is 1. The minimum atomic E-state index is 0. The molecule has 1 N–H and O–H groups in total. The maximum atomic E-state index is 12.3. The molecule has 0 spiro atoms. The molecule has 0 bridgehead atoms. The maximum Gasteiger partial charge on any atom is 0.236 e. The molecular weight excluding hydrogens is 347 g/mol. The number of piperazine rings is 1. The van der Waals surface area contributed by atoms with Gasteiger partial charge in [0.1, 0.15) is 0 Å². The van der Waals surface area contributed by atoms with E-state index in [-0.39, 0.29) is 18.3 Å². The molecule has 7 heteroatoms. The highest BCUT2D eigenvalue weighted by Gasteiger charge is 2.18. The first-order chi connectivity index (χ1) is 11.1. The summed E-state index contributed by atoms with van der Waals surface area (Å²) in [5, 5.41) is 4.92. The van der Waals surface area contributed by atoms with Gasteiger partial charge in [-0.1, -0.05) is 17.7 Å². The lowest BCUT2D eigenvalue weighted by molar-refractivity contribution is -0.132. The van der Waals surface area contributed by atoms with E-state index >= 15 is 0 Å². The van der Waals surface area contributed by atoms with E-state index in [1.54, 1.807) is 6.20 Å². The average Bonchev–Trinajstić information content (AvgIpc) is 2.58. The summed E-state index contributed by atoms with van der Waals surface area (Å²) in [6.45, 7) is 4.41. The van der Waals surface area contributed by atoms with Gasteiger partial charge in [-0.25, -0.2) is 0 Å². The largest absolute Gasteiger partial charge is 0.339 e. The van der Waals surface area contributed by atoms with Crippen LogP contribution in [-0.2, 0) is 11.3 Å². The Morgan fingerprint density at radius 3 is 2.83 bits per heavy atom. The predicted molar refractivity (Wildman–Crippen MR) is 99.8 cm³/mol. The van der Waals surface area contributed by atoms with Crippen molar-refractivity contribution in [2.75, 3.05) is 39.8 Å². The second-order valence-corrected chi connectivity index (χ2v) is 6.32. The van der Waals surface area contributed by atoms with Crippen LogP contribution in [0.5, 0.6) is 0 Å². The number of carbonyl (C=O) groups excluding carboxylic acids is 1. The molecule has 3 rings (SSSR count). The lowest BCUT2D eigenvalue weighted by Crippen LogP contribution is -2.49. The SMILES string of the molecule is CN(CC(=O)N1CCNCC1)Cc1ccc(Cl)c2cccnc12.Cl. The van der Waals surface area contributed by atoms with Crippen molar-refractivity contribution in [3.05, 3.63) is 41.0 Å². The zero-order valence-electron chi connectivity index (χ0n) is 13.7. The van der Waals surface area contributed by atoms with Gasteiger partial charge in [-0.2, -0.15) is 0 Å². The number of amides is 1. The molecule has 1 aliphatic rings. The van der Waals surface area contributed by atoms with Gasteiger partial charge in [-0.3, -0.25) is 14.7 Å². The van der Waals surface area contributed by atoms with Crippen LogP contribution < -0.4 is 5.32 Å². The van der Waals surface area contributed by atoms with Crippen LogP contribution in [0.15, 0.2) is 30.5 Å². The number of aromatic nitrogens is 1. The number of benzene rings is 1. The van der Waals surface area contributed by atoms with E-state index in [2.05, 4.69) is 10.3 Å². The van der Waals surface area contributed by atoms with Crippen molar-refractivity contribution in [3.63, 3.8) is 0 Å². The molecule has 130 valence electrons. The first-order valence-corrected chi connectivity index (χ1v) is 8.22. The van der Waals surface area contributed by atoms with E-state index in [9.17, 15) is 4.79 Å². The topological polar surface area (TPSA) is 48.5 Å². The Bertz CT molecular complexity index is 704. The fourth-order valence-electron chi connectivity index (χ4n) is 2.92. The lowest BCUT2D eigenvalue weighted by Gasteiger charge is -2.29. The smallest absolute Gasteiger partial charge is 0.236 e. The van der Waals surface area contributed by atoms with Crippen molar-refractivity contribution in [1.82, 2.24) is 20.1 Å². The van der Waals surface area contributed by atoms with Gasteiger partial charge in [-0.15, -0.1) is 12.4 Å². The lowest BCUT2D eigenvalue weighted by atomic mass is 10.1. The Balaban J connectivity index is 0.00000208. The number of hydrogen-bond donors (Lipinski definition) is 1. The molecule has 1 aliphatic heterocycles. The van der Waals surface area contributed by atoms with Crippen molar-refractivity contribution < 1.29 is 4.79 Å². The van der Waals surface area contributed by atoms with E-state index < -0.39 is 0 Å². The summed E-state index contributed by atoms with van der Waals surface area (Å²) in [6, 6.07) is 7.74. The number of rotatable bonds is 4. The molecule has 1 aromatic carbocycles. The fraction of sp³-hybridized carbons (Fsp3) is 0.412. The molecule has 0 unspecified atom stereocenters. The summed E-state index contributed by atoms with van der Waals surface area (Å²) in [5.41, 5.74) is 1.99. The normalized spacial score (nSPS) is 14.7. The van der Waals surface area contributed by atoms with Gasteiger partial charge in [0.2, 0.25) is 5.91 Å². The summed E-state index contributed by atoms with van der Waals surface area (Å²) in [6.07, 6.45) is 1.77. The summed E-state index contributed by atoms with van der Waals surface area (Å²) in [4.78, 5) is 20.7. The molecule has 24 heavy (non-hydrogen) atoms. The number of fused-ring (bicyclic) bond motifs is 1. The number of carbonyl (C=O) groups is 1. The van der Waals surface area contributed by atoms with Crippen LogP contribution in [0.4, 0.5) is 0 Å². The third-order valence-corrected chi connectivity index (χ3v) is 4.44. The summed E-state index contributed by atoms with van der Waals surface area (Å²) in [7, 11) is 1.96. The van der Waals surface area contributed by atoms with Crippen LogP contribution in [0, 0.1) is 0 Å². The first-order valence-electron chi connectivity index (χ1n) is 7.84. The highest BCUT2D eigenvalue weighted by atomic mass is 35.5. The molecule has 1 amide bonds. The quantitative estimate of drug-likeness (QED) is 0.898. The van der Waals surface area contributed by atoms with Crippen molar-refractivity contribution in [2.45, 2.75) is 6.54 Å². The third kappa shape index (κ3) is 4.36. The zero-order chi connectivity index (χ0) is 16.2. The standard InChI is InChI=1S/C17H21ClN4O.ClH/c1-21(12-16(23)22-9-7-19-8-10-22)11-13-4-5-15(18)14-3-2-6-20-17(13)14;/h2-6,19H,7-12H2,1H3;1H. The molecule has 2 heterocycles. The van der Waals surface area contributed by atoms with Crippen molar-refractivity contribution in [3.8, 4) is 0 Å². The Morgan fingerprint density at radius 2 is 2.08 bits per heavy atom. The molecular formula is C17H22Cl2N4O. The summed E-state index contributed by atoms with van der Waals surface area (Å²) < 4.78 is 0.